The molecular weight excluding hydrogens is 337 g/mol. The van der Waals surface area contributed by atoms with Crippen molar-refractivity contribution in [3.63, 3.8) is 0 Å². The van der Waals surface area contributed by atoms with E-state index in [4.69, 9.17) is 0 Å². The van der Waals surface area contributed by atoms with Crippen LogP contribution >= 0.6 is 0 Å². The zero-order chi connectivity index (χ0) is 18.7. The average molecular weight is 358 g/mol. The van der Waals surface area contributed by atoms with Crippen molar-refractivity contribution in [2.24, 2.45) is 5.10 Å². The third-order valence-corrected chi connectivity index (χ3v) is 4.14. The second kappa shape index (κ2) is 7.43. The van der Waals surface area contributed by atoms with E-state index in [1.54, 1.807) is 0 Å². The molecule has 1 heterocycles. The Balaban J connectivity index is 2.28. The van der Waals surface area contributed by atoms with Gasteiger partial charge in [-0.2, -0.15) is 23.3 Å². The predicted molar refractivity (Wildman–Crippen MR) is 86.1 cm³/mol. The second-order valence-corrected chi connectivity index (χ2v) is 6.10. The van der Waals surface area contributed by atoms with Gasteiger partial charge in [0.05, 0.1) is 5.56 Å². The molecular formula is C17H21F3N2O3. The first-order valence-electron chi connectivity index (χ1n) is 8.18. The number of para-hydroxylation sites is 1. The van der Waals surface area contributed by atoms with Gasteiger partial charge in [-0.05, 0) is 25.0 Å². The van der Waals surface area contributed by atoms with Crippen LogP contribution in [0.25, 0.3) is 0 Å². The van der Waals surface area contributed by atoms with Gasteiger partial charge < -0.3 is 10.2 Å². The van der Waals surface area contributed by atoms with E-state index >= 15 is 0 Å². The van der Waals surface area contributed by atoms with Gasteiger partial charge in [0.15, 0.2) is 0 Å². The molecule has 0 radical (unpaired) electrons. The maximum atomic E-state index is 13.4. The van der Waals surface area contributed by atoms with Crippen LogP contribution in [0, 0.1) is 0 Å². The number of unbranched alkanes of at least 4 members (excludes halogenated alkanes) is 3. The molecule has 0 aliphatic carbocycles. The van der Waals surface area contributed by atoms with Crippen molar-refractivity contribution in [3.05, 3.63) is 29.8 Å². The van der Waals surface area contributed by atoms with Gasteiger partial charge in [0.25, 0.3) is 11.6 Å². The van der Waals surface area contributed by atoms with Crippen LogP contribution in [0.1, 0.15) is 55.8 Å². The zero-order valence-electron chi connectivity index (χ0n) is 13.9. The van der Waals surface area contributed by atoms with Crippen molar-refractivity contribution in [1.29, 1.82) is 0 Å². The average Bonchev–Trinajstić information content (AvgIpc) is 2.89. The van der Waals surface area contributed by atoms with Crippen LogP contribution in [-0.4, -0.2) is 38.7 Å². The molecule has 2 rings (SSSR count). The predicted octanol–water partition coefficient (Wildman–Crippen LogP) is 3.82. The van der Waals surface area contributed by atoms with E-state index in [2.05, 4.69) is 5.10 Å². The molecule has 5 nitrogen and oxygen atoms in total. The molecule has 0 unspecified atom stereocenters. The summed E-state index contributed by atoms with van der Waals surface area (Å²) in [6, 6.07) is 5.22. The number of aromatic hydroxyl groups is 1. The summed E-state index contributed by atoms with van der Waals surface area (Å²) < 4.78 is 40.2. The first-order valence-corrected chi connectivity index (χ1v) is 8.18. The molecule has 8 heteroatoms. The maximum absolute atomic E-state index is 13.4. The number of carbonyl (C=O) groups excluding carboxylic acids is 1. The normalized spacial score (nSPS) is 20.7. The molecule has 25 heavy (non-hydrogen) atoms. The molecule has 1 amide bonds. The lowest BCUT2D eigenvalue weighted by Gasteiger charge is -2.32. The molecule has 1 aliphatic heterocycles. The largest absolute Gasteiger partial charge is 0.507 e. The van der Waals surface area contributed by atoms with Gasteiger partial charge in [0, 0.05) is 12.1 Å². The minimum Gasteiger partial charge on any atom is -0.507 e. The number of hydrogen-bond acceptors (Lipinski definition) is 4. The summed E-state index contributed by atoms with van der Waals surface area (Å²) in [6.45, 7) is 2.02. The van der Waals surface area contributed by atoms with E-state index in [0.717, 1.165) is 19.3 Å². The standard InChI is InChI=1S/C17H21F3N2O3/c1-2-3-4-5-8-12-11-16(25,17(18,19)20)22(21-12)15(24)13-9-6-7-10-14(13)23/h6-7,9-10,23,25H,2-5,8,11H2,1H3/t16-/m0/s1. The highest BCUT2D eigenvalue weighted by molar-refractivity contribution is 6.00. The number of nitrogens with zero attached hydrogens (tertiary/aromatic N) is 2. The van der Waals surface area contributed by atoms with Crippen LogP contribution in [0.5, 0.6) is 5.75 Å². The Bertz CT molecular complexity index is 661. The summed E-state index contributed by atoms with van der Waals surface area (Å²) in [5.74, 6) is -1.66. The van der Waals surface area contributed by atoms with E-state index in [9.17, 15) is 28.2 Å². The number of amides is 1. The van der Waals surface area contributed by atoms with E-state index in [0.29, 0.717) is 6.42 Å². The number of benzene rings is 1. The maximum Gasteiger partial charge on any atom is 0.438 e. The topological polar surface area (TPSA) is 73.1 Å². The Morgan fingerprint density at radius 2 is 1.96 bits per heavy atom. The van der Waals surface area contributed by atoms with Crippen molar-refractivity contribution in [2.75, 3.05) is 0 Å². The lowest BCUT2D eigenvalue weighted by molar-refractivity contribution is -0.297. The third kappa shape index (κ3) is 3.95. The Morgan fingerprint density at radius 3 is 2.56 bits per heavy atom. The van der Waals surface area contributed by atoms with Gasteiger partial charge in [0.2, 0.25) is 0 Å². The fourth-order valence-corrected chi connectivity index (χ4v) is 2.72. The summed E-state index contributed by atoms with van der Waals surface area (Å²) in [5, 5.41) is 23.7. The second-order valence-electron chi connectivity index (χ2n) is 6.10. The van der Waals surface area contributed by atoms with Crippen LogP contribution in [0.15, 0.2) is 29.4 Å². The lowest BCUT2D eigenvalue weighted by Crippen LogP contribution is -2.56. The van der Waals surface area contributed by atoms with Crippen LogP contribution in [0.4, 0.5) is 13.2 Å². The molecule has 0 fully saturated rings. The van der Waals surface area contributed by atoms with E-state index in [1.165, 1.54) is 24.3 Å². The summed E-state index contributed by atoms with van der Waals surface area (Å²) in [7, 11) is 0. The molecule has 2 N–H and O–H groups in total. The smallest absolute Gasteiger partial charge is 0.438 e. The number of rotatable bonds is 6. The van der Waals surface area contributed by atoms with Crippen LogP contribution in [-0.2, 0) is 0 Å². The molecule has 1 aromatic carbocycles. The van der Waals surface area contributed by atoms with Gasteiger partial charge >= 0.3 is 6.18 Å². The number of hydrazone groups is 1. The number of phenols is 1. The van der Waals surface area contributed by atoms with Crippen molar-refractivity contribution in [1.82, 2.24) is 5.01 Å². The zero-order valence-corrected chi connectivity index (χ0v) is 13.9. The van der Waals surface area contributed by atoms with Gasteiger partial charge in [-0.1, -0.05) is 38.3 Å². The highest BCUT2D eigenvalue weighted by Gasteiger charge is 2.63. The Kier molecular flexibility index (Phi) is 5.72. The molecule has 1 aliphatic rings. The molecule has 0 aromatic heterocycles. The molecule has 1 atom stereocenters. The molecule has 0 spiro atoms. The number of carbonyl (C=O) groups is 1. The van der Waals surface area contributed by atoms with E-state index < -0.39 is 30.0 Å². The summed E-state index contributed by atoms with van der Waals surface area (Å²) in [6.07, 6.45) is -2.15. The first-order chi connectivity index (χ1) is 11.7. The Labute approximate surface area is 143 Å². The number of alkyl halides is 3. The SMILES string of the molecule is CCCCCCC1=NN(C(=O)c2ccccc2O)[C@@](O)(C(F)(F)F)C1. The Hall–Kier alpha value is -2.09. The third-order valence-electron chi connectivity index (χ3n) is 4.14. The molecule has 0 bridgehead atoms. The van der Waals surface area contributed by atoms with Crippen LogP contribution < -0.4 is 0 Å². The van der Waals surface area contributed by atoms with Crippen LogP contribution in [0.3, 0.4) is 0 Å². The van der Waals surface area contributed by atoms with Crippen molar-refractivity contribution >= 4 is 11.6 Å². The van der Waals surface area contributed by atoms with Gasteiger partial charge in [-0.3, -0.25) is 4.79 Å². The molecule has 0 saturated heterocycles. The number of aliphatic hydroxyl groups is 1. The minimum atomic E-state index is -5.07. The monoisotopic (exact) mass is 358 g/mol. The minimum absolute atomic E-state index is 0.0528. The summed E-state index contributed by atoms with van der Waals surface area (Å²) >= 11 is 0. The number of halogens is 3. The first kappa shape index (κ1) is 19.2. The van der Waals surface area contributed by atoms with Gasteiger partial charge in [-0.15, -0.1) is 0 Å². The van der Waals surface area contributed by atoms with Gasteiger partial charge in [0.1, 0.15) is 5.75 Å². The van der Waals surface area contributed by atoms with Gasteiger partial charge in [-0.25, -0.2) is 0 Å². The molecule has 138 valence electrons. The fourth-order valence-electron chi connectivity index (χ4n) is 2.72. The van der Waals surface area contributed by atoms with Crippen molar-refractivity contribution in [2.45, 2.75) is 57.3 Å². The van der Waals surface area contributed by atoms with E-state index in [1.807, 2.05) is 6.92 Å². The Morgan fingerprint density at radius 1 is 1.28 bits per heavy atom. The molecule has 0 saturated carbocycles. The van der Waals surface area contributed by atoms with E-state index in [-0.39, 0.29) is 22.7 Å². The van der Waals surface area contributed by atoms with Crippen molar-refractivity contribution in [3.8, 4) is 5.75 Å². The van der Waals surface area contributed by atoms with Crippen molar-refractivity contribution < 1.29 is 28.2 Å². The quantitative estimate of drug-likeness (QED) is 0.760. The highest BCUT2D eigenvalue weighted by Crippen LogP contribution is 2.42. The lowest BCUT2D eigenvalue weighted by atomic mass is 10.0. The fraction of sp³-hybridized carbons (Fsp3) is 0.529. The van der Waals surface area contributed by atoms with Crippen LogP contribution in [0.2, 0.25) is 0 Å². The number of phenolic OH excluding ortho intramolecular Hbond substituents is 1. The molecule has 1 aromatic rings. The highest BCUT2D eigenvalue weighted by atomic mass is 19.4. The number of hydrogen-bond donors (Lipinski definition) is 2. The summed E-state index contributed by atoms with van der Waals surface area (Å²) in [5.41, 5.74) is -3.62. The summed E-state index contributed by atoms with van der Waals surface area (Å²) in [4.78, 5) is 12.5.